The number of phenolic OH excluding ortho intramolecular Hbond substituents is 1. The maximum Gasteiger partial charge on any atom is 0.319 e. The van der Waals surface area contributed by atoms with E-state index in [1.54, 1.807) is 24.5 Å². The molecule has 0 amide bonds. The third-order valence-corrected chi connectivity index (χ3v) is 12.2. The summed E-state index contributed by atoms with van der Waals surface area (Å²) in [5.41, 5.74) is 1.49. The van der Waals surface area contributed by atoms with Crippen LogP contribution in [0, 0.1) is 12.7 Å². The highest BCUT2D eigenvalue weighted by Gasteiger charge is 2.37. The van der Waals surface area contributed by atoms with Crippen LogP contribution in [0.4, 0.5) is 20.4 Å². The molecule has 4 saturated heterocycles. The monoisotopic (exact) mass is 764 g/mol. The molecule has 12 nitrogen and oxygen atoms in total. The summed E-state index contributed by atoms with van der Waals surface area (Å²) in [7, 11) is 0. The lowest BCUT2D eigenvalue weighted by Gasteiger charge is -2.42. The van der Waals surface area contributed by atoms with Crippen molar-refractivity contribution in [3.8, 4) is 23.0 Å². The first kappa shape index (κ1) is 36.8. The molecule has 9 rings (SSSR count). The quantitative estimate of drug-likeness (QED) is 0.192. The number of likely N-dealkylation sites (tertiary alicyclic amines) is 1. The Morgan fingerprint density at radius 1 is 0.911 bits per heavy atom. The highest BCUT2D eigenvalue weighted by atomic mass is 19.1. The molecule has 2 N–H and O–H groups in total. The molecule has 4 aliphatic heterocycles. The Bertz CT molecular complexity index is 2200. The number of pyridine rings is 1. The Hall–Kier alpha value is -4.79. The Labute approximate surface area is 325 Å². The summed E-state index contributed by atoms with van der Waals surface area (Å²) in [6, 6.07) is 9.95. The van der Waals surface area contributed by atoms with E-state index in [0.717, 1.165) is 86.4 Å². The van der Waals surface area contributed by atoms with Gasteiger partial charge >= 0.3 is 6.01 Å². The third-order valence-electron chi connectivity index (χ3n) is 12.2. The van der Waals surface area contributed by atoms with E-state index in [-0.39, 0.29) is 29.6 Å². The summed E-state index contributed by atoms with van der Waals surface area (Å²) in [5, 5.41) is 16.5. The van der Waals surface area contributed by atoms with Gasteiger partial charge in [-0.05, 0) is 67.5 Å². The zero-order chi connectivity index (χ0) is 38.4. The fourth-order valence-corrected chi connectivity index (χ4v) is 9.14. The molecule has 2 unspecified atom stereocenters. The summed E-state index contributed by atoms with van der Waals surface area (Å²) in [6.07, 6.45) is 9.11. The number of aryl methyl sites for hydroxylation is 2. The van der Waals surface area contributed by atoms with E-state index in [4.69, 9.17) is 9.72 Å². The zero-order valence-corrected chi connectivity index (χ0v) is 32.2. The van der Waals surface area contributed by atoms with Gasteiger partial charge in [-0.2, -0.15) is 9.97 Å². The molecule has 4 fully saturated rings. The Kier molecular flexibility index (Phi) is 10.0. The molecular formula is C42H50F2N10O2. The van der Waals surface area contributed by atoms with Gasteiger partial charge in [0.25, 0.3) is 0 Å². The second-order valence-corrected chi connectivity index (χ2v) is 16.0. The number of piperidine rings is 1. The lowest BCUT2D eigenvalue weighted by molar-refractivity contribution is 0.0193. The second kappa shape index (κ2) is 15.3. The molecule has 4 aliphatic rings. The first-order valence-electron chi connectivity index (χ1n) is 20.1. The first-order valence-corrected chi connectivity index (χ1v) is 20.1. The predicted molar refractivity (Wildman–Crippen MR) is 214 cm³/mol. The van der Waals surface area contributed by atoms with Gasteiger partial charge in [0.15, 0.2) is 5.82 Å². The van der Waals surface area contributed by atoms with Crippen LogP contribution in [0.25, 0.3) is 32.9 Å². The van der Waals surface area contributed by atoms with E-state index >= 15 is 8.78 Å². The number of alkyl halides is 1. The molecule has 2 bridgehead atoms. The molecule has 294 valence electrons. The molecule has 56 heavy (non-hydrogen) atoms. The normalized spacial score (nSPS) is 21.6. The van der Waals surface area contributed by atoms with Crippen molar-refractivity contribution in [2.75, 3.05) is 81.9 Å². The van der Waals surface area contributed by atoms with Gasteiger partial charge in [-0.15, -0.1) is 0 Å². The molecule has 0 radical (unpaired) electrons. The Morgan fingerprint density at radius 3 is 2.43 bits per heavy atom. The standard InChI is InChI=1S/C42H50F2N10O2/c1-3-28-5-4-6-29-19-32(55)20-33(36(28)29)38-37(43)39-34(22-47-38)40(54-24-30-7-8-31(25-54)48-30)50-41(49-39)56-18-17-51-11-9-42(44,10-12-51)26-52-13-15-53(16-14-52)35-23-45-27(2)21-46-35/h4-6,19-23,30-31,48,55H,3,7-18,24-26H2,1-2H3. The summed E-state index contributed by atoms with van der Waals surface area (Å²) >= 11 is 0. The van der Waals surface area contributed by atoms with E-state index in [0.29, 0.717) is 67.9 Å². The summed E-state index contributed by atoms with van der Waals surface area (Å²) in [4.78, 5) is 32.0. The van der Waals surface area contributed by atoms with Gasteiger partial charge in [0.05, 0.1) is 23.5 Å². The van der Waals surface area contributed by atoms with E-state index < -0.39 is 11.5 Å². The fourth-order valence-electron chi connectivity index (χ4n) is 9.14. The summed E-state index contributed by atoms with van der Waals surface area (Å²) in [6.45, 7) is 11.3. The van der Waals surface area contributed by atoms with Crippen molar-refractivity contribution in [1.29, 1.82) is 0 Å². The van der Waals surface area contributed by atoms with Crippen LogP contribution in [0.1, 0.15) is 43.9 Å². The number of hydrogen-bond acceptors (Lipinski definition) is 12. The lowest BCUT2D eigenvalue weighted by Crippen LogP contribution is -2.54. The molecule has 5 aromatic rings. The second-order valence-electron chi connectivity index (χ2n) is 16.0. The number of ether oxygens (including phenoxy) is 1. The highest BCUT2D eigenvalue weighted by molar-refractivity contribution is 6.01. The summed E-state index contributed by atoms with van der Waals surface area (Å²) < 4.78 is 39.3. The van der Waals surface area contributed by atoms with E-state index in [1.807, 2.05) is 31.3 Å². The SMILES string of the molecule is CCc1cccc2cc(O)cc(-c3ncc4c(N5CC6CCC(C5)N6)nc(OCCN5CCC(F)(CN6CCN(c7cnc(C)cn7)CC6)CC5)nc4c3F)c12. The molecule has 0 spiro atoms. The number of hydrogen-bond donors (Lipinski definition) is 2. The van der Waals surface area contributed by atoms with E-state index in [1.165, 1.54) is 0 Å². The number of nitrogens with one attached hydrogen (secondary N) is 1. The lowest BCUT2D eigenvalue weighted by atomic mass is 9.92. The minimum atomic E-state index is -1.23. The van der Waals surface area contributed by atoms with Crippen molar-refractivity contribution < 1.29 is 18.6 Å². The van der Waals surface area contributed by atoms with Crippen LogP contribution in [-0.2, 0) is 6.42 Å². The van der Waals surface area contributed by atoms with Gasteiger partial charge in [-0.25, -0.2) is 13.8 Å². The van der Waals surface area contributed by atoms with Crippen molar-refractivity contribution in [1.82, 2.24) is 40.0 Å². The van der Waals surface area contributed by atoms with E-state index in [2.05, 4.69) is 51.8 Å². The van der Waals surface area contributed by atoms with Crippen LogP contribution in [-0.4, -0.2) is 130 Å². The van der Waals surface area contributed by atoms with Gasteiger partial charge in [-0.1, -0.05) is 25.1 Å². The molecular weight excluding hydrogens is 715 g/mol. The number of halogens is 2. The van der Waals surface area contributed by atoms with E-state index in [9.17, 15) is 5.11 Å². The van der Waals surface area contributed by atoms with Crippen molar-refractivity contribution in [3.05, 3.63) is 66.0 Å². The van der Waals surface area contributed by atoms with Gasteiger partial charge in [0.2, 0.25) is 0 Å². The number of benzene rings is 2. The van der Waals surface area contributed by atoms with Crippen molar-refractivity contribution >= 4 is 33.3 Å². The first-order chi connectivity index (χ1) is 27.2. The van der Waals surface area contributed by atoms with Gasteiger partial charge in [-0.3, -0.25) is 19.8 Å². The maximum absolute atomic E-state index is 16.9. The zero-order valence-electron chi connectivity index (χ0n) is 32.2. The molecule has 3 aromatic heterocycles. The molecule has 2 aromatic carbocycles. The smallest absolute Gasteiger partial charge is 0.319 e. The number of nitrogens with zero attached hydrogens (tertiary/aromatic N) is 9. The van der Waals surface area contributed by atoms with Crippen LogP contribution in [0.3, 0.4) is 0 Å². The largest absolute Gasteiger partial charge is 0.508 e. The van der Waals surface area contributed by atoms with Gasteiger partial charge in [0, 0.05) is 89.3 Å². The number of anilines is 2. The number of piperazine rings is 2. The van der Waals surface area contributed by atoms with Crippen LogP contribution < -0.4 is 19.9 Å². The summed E-state index contributed by atoms with van der Waals surface area (Å²) in [5.74, 6) is 0.957. The Balaban J connectivity index is 0.897. The van der Waals surface area contributed by atoms with Gasteiger partial charge in [0.1, 0.15) is 40.9 Å². The number of rotatable bonds is 10. The van der Waals surface area contributed by atoms with Crippen molar-refractivity contribution in [2.24, 2.45) is 0 Å². The van der Waals surface area contributed by atoms with Gasteiger partial charge < -0.3 is 25.0 Å². The highest BCUT2D eigenvalue weighted by Crippen LogP contribution is 2.39. The minimum absolute atomic E-state index is 0.0425. The number of fused-ring (bicyclic) bond motifs is 4. The average molecular weight is 765 g/mol. The minimum Gasteiger partial charge on any atom is -0.508 e. The predicted octanol–water partition coefficient (Wildman–Crippen LogP) is 5.30. The molecule has 7 heterocycles. The molecule has 14 heteroatoms. The van der Waals surface area contributed by atoms with Crippen LogP contribution in [0.2, 0.25) is 0 Å². The molecule has 0 aliphatic carbocycles. The number of aromatic nitrogens is 5. The Morgan fingerprint density at radius 2 is 1.70 bits per heavy atom. The molecule has 2 atom stereocenters. The fraction of sp³-hybridized carbons (Fsp3) is 0.500. The van der Waals surface area contributed by atoms with Crippen molar-refractivity contribution in [2.45, 2.75) is 63.7 Å². The third kappa shape index (κ3) is 7.41. The van der Waals surface area contributed by atoms with Crippen LogP contribution >= 0.6 is 0 Å². The number of phenols is 1. The average Bonchev–Trinajstić information content (AvgIpc) is 3.55. The number of aromatic hydroxyl groups is 1. The maximum atomic E-state index is 16.9. The topological polar surface area (TPSA) is 119 Å². The van der Waals surface area contributed by atoms with Crippen LogP contribution in [0.15, 0.2) is 48.9 Å². The van der Waals surface area contributed by atoms with Crippen molar-refractivity contribution in [3.63, 3.8) is 0 Å². The van der Waals surface area contributed by atoms with Crippen LogP contribution in [0.5, 0.6) is 11.8 Å². The molecule has 0 saturated carbocycles.